The Morgan fingerprint density at radius 1 is 1.06 bits per heavy atom. The third kappa shape index (κ3) is 3.93. The molecule has 0 aliphatic carbocycles. The van der Waals surface area contributed by atoms with Crippen LogP contribution in [0.2, 0.25) is 5.02 Å². The lowest BCUT2D eigenvalue weighted by molar-refractivity contribution is -0.0555. The van der Waals surface area contributed by atoms with E-state index in [1.807, 2.05) is 30.3 Å². The summed E-state index contributed by atoms with van der Waals surface area (Å²) in [5.74, 6) is 0. The monoisotopic (exact) mass is 445 g/mol. The maximum atomic E-state index is 13.0. The highest BCUT2D eigenvalue weighted by Gasteiger charge is 2.43. The van der Waals surface area contributed by atoms with Crippen molar-refractivity contribution < 1.29 is 20.1 Å². The standard InChI is InChI=1S/C21H20ClN3O6/c22-17-13(12-4-2-1-3-5-12)6-8-23-14(17)10-25-16(27)7-9-24(21(25)30)20-19(29)18(28)15(11-26)31-20/h1-9,15,18-20,26,28-29H,10-11H2/t15-,18?,19?,20-/m1/s1. The van der Waals surface area contributed by atoms with Gasteiger partial charge in [0.15, 0.2) is 6.23 Å². The molecule has 9 nitrogen and oxygen atoms in total. The van der Waals surface area contributed by atoms with Crippen LogP contribution in [-0.2, 0) is 11.3 Å². The van der Waals surface area contributed by atoms with E-state index >= 15 is 0 Å². The number of pyridine rings is 1. The van der Waals surface area contributed by atoms with E-state index in [9.17, 15) is 24.9 Å². The normalized spacial score (nSPS) is 23.2. The fraction of sp³-hybridized carbons (Fsp3) is 0.286. The molecule has 0 radical (unpaired) electrons. The fourth-order valence-corrected chi connectivity index (χ4v) is 3.85. The molecule has 10 heteroatoms. The van der Waals surface area contributed by atoms with Gasteiger partial charge in [0.25, 0.3) is 5.56 Å². The van der Waals surface area contributed by atoms with Gasteiger partial charge in [0.2, 0.25) is 0 Å². The molecule has 1 aromatic carbocycles. The van der Waals surface area contributed by atoms with Crippen molar-refractivity contribution in [1.29, 1.82) is 0 Å². The van der Waals surface area contributed by atoms with Crippen LogP contribution in [0.3, 0.4) is 0 Å². The first-order valence-electron chi connectivity index (χ1n) is 9.55. The van der Waals surface area contributed by atoms with E-state index in [0.29, 0.717) is 16.3 Å². The number of rotatable bonds is 5. The highest BCUT2D eigenvalue weighted by molar-refractivity contribution is 6.33. The van der Waals surface area contributed by atoms with E-state index in [0.717, 1.165) is 20.8 Å². The van der Waals surface area contributed by atoms with Crippen LogP contribution in [0.15, 0.2) is 64.4 Å². The van der Waals surface area contributed by atoms with Crippen molar-refractivity contribution in [3.05, 3.63) is 86.4 Å². The first kappa shape index (κ1) is 21.4. The number of aliphatic hydroxyl groups excluding tert-OH is 3. The molecule has 3 N–H and O–H groups in total. The SMILES string of the molecule is O=c1ccn([C@@H]2O[C@H](CO)C(O)C2O)c(=O)n1Cc1nccc(-c2ccccc2)c1Cl. The second-order valence-electron chi connectivity index (χ2n) is 7.14. The second kappa shape index (κ2) is 8.74. The third-order valence-corrected chi connectivity index (χ3v) is 5.66. The van der Waals surface area contributed by atoms with E-state index in [1.54, 1.807) is 12.3 Å². The minimum atomic E-state index is -1.45. The summed E-state index contributed by atoms with van der Waals surface area (Å²) >= 11 is 6.53. The van der Waals surface area contributed by atoms with Gasteiger partial charge in [0, 0.05) is 24.0 Å². The molecule has 2 unspecified atom stereocenters. The molecule has 31 heavy (non-hydrogen) atoms. The Bertz CT molecular complexity index is 1200. The number of aromatic nitrogens is 3. The largest absolute Gasteiger partial charge is 0.394 e. The van der Waals surface area contributed by atoms with Gasteiger partial charge in [-0.05, 0) is 11.6 Å². The van der Waals surface area contributed by atoms with Crippen molar-refractivity contribution in [3.63, 3.8) is 0 Å². The molecule has 0 spiro atoms. The molecule has 1 fully saturated rings. The summed E-state index contributed by atoms with van der Waals surface area (Å²) in [6.07, 6.45) is -2.42. The molecule has 3 aromatic rings. The van der Waals surface area contributed by atoms with Gasteiger partial charge in [-0.3, -0.25) is 18.9 Å². The molecule has 2 aromatic heterocycles. The van der Waals surface area contributed by atoms with E-state index in [2.05, 4.69) is 4.98 Å². The molecule has 4 atom stereocenters. The Balaban J connectivity index is 1.72. The summed E-state index contributed by atoms with van der Waals surface area (Å²) in [6, 6.07) is 12.3. The number of hydrogen-bond acceptors (Lipinski definition) is 7. The van der Waals surface area contributed by atoms with E-state index in [4.69, 9.17) is 16.3 Å². The fourth-order valence-electron chi connectivity index (χ4n) is 3.57. The molecule has 1 aliphatic heterocycles. The van der Waals surface area contributed by atoms with Crippen molar-refractivity contribution in [3.8, 4) is 11.1 Å². The number of hydrogen-bond donors (Lipinski definition) is 3. The first-order valence-corrected chi connectivity index (χ1v) is 9.93. The molecule has 162 valence electrons. The molecule has 1 saturated heterocycles. The Morgan fingerprint density at radius 3 is 2.48 bits per heavy atom. The van der Waals surface area contributed by atoms with Crippen LogP contribution >= 0.6 is 11.6 Å². The number of benzene rings is 1. The van der Waals surface area contributed by atoms with Crippen LogP contribution in [0, 0.1) is 0 Å². The summed E-state index contributed by atoms with van der Waals surface area (Å²) in [4.78, 5) is 29.7. The number of aliphatic hydroxyl groups is 3. The summed E-state index contributed by atoms with van der Waals surface area (Å²) < 4.78 is 7.32. The lowest BCUT2D eigenvalue weighted by atomic mass is 10.1. The third-order valence-electron chi connectivity index (χ3n) is 5.24. The zero-order valence-electron chi connectivity index (χ0n) is 16.2. The zero-order chi connectivity index (χ0) is 22.1. The molecule has 0 amide bonds. The predicted octanol–water partition coefficient (Wildman–Crippen LogP) is 0.385. The van der Waals surface area contributed by atoms with Crippen molar-refractivity contribution >= 4 is 11.6 Å². The molecular weight excluding hydrogens is 426 g/mol. The Hall–Kier alpha value is -2.82. The topological polar surface area (TPSA) is 127 Å². The molecular formula is C21H20ClN3O6. The highest BCUT2D eigenvalue weighted by Crippen LogP contribution is 2.30. The van der Waals surface area contributed by atoms with Gasteiger partial charge >= 0.3 is 5.69 Å². The van der Waals surface area contributed by atoms with Gasteiger partial charge in [0.1, 0.15) is 18.3 Å². The maximum absolute atomic E-state index is 13.0. The van der Waals surface area contributed by atoms with Crippen LogP contribution in [0.4, 0.5) is 0 Å². The summed E-state index contributed by atoms with van der Waals surface area (Å²) in [5, 5.41) is 29.8. The summed E-state index contributed by atoms with van der Waals surface area (Å²) in [7, 11) is 0. The van der Waals surface area contributed by atoms with E-state index < -0.39 is 42.4 Å². The minimum Gasteiger partial charge on any atom is -0.394 e. The van der Waals surface area contributed by atoms with Crippen LogP contribution in [0.25, 0.3) is 11.1 Å². The van der Waals surface area contributed by atoms with Gasteiger partial charge in [-0.15, -0.1) is 0 Å². The van der Waals surface area contributed by atoms with Crippen molar-refractivity contribution in [2.75, 3.05) is 6.61 Å². The first-order chi connectivity index (χ1) is 14.9. The molecule has 1 aliphatic rings. The van der Waals surface area contributed by atoms with Gasteiger partial charge < -0.3 is 20.1 Å². The van der Waals surface area contributed by atoms with Crippen molar-refractivity contribution in [2.24, 2.45) is 0 Å². The van der Waals surface area contributed by atoms with Crippen LogP contribution in [0.1, 0.15) is 11.9 Å². The summed E-state index contributed by atoms with van der Waals surface area (Å²) in [5.41, 5.74) is 0.530. The number of nitrogens with zero attached hydrogens (tertiary/aromatic N) is 3. The lowest BCUT2D eigenvalue weighted by Crippen LogP contribution is -2.43. The molecule has 3 heterocycles. The van der Waals surface area contributed by atoms with Crippen LogP contribution in [0.5, 0.6) is 0 Å². The minimum absolute atomic E-state index is 0.202. The van der Waals surface area contributed by atoms with Gasteiger partial charge in [-0.1, -0.05) is 41.9 Å². The average Bonchev–Trinajstić information content (AvgIpc) is 3.07. The Morgan fingerprint density at radius 2 is 1.81 bits per heavy atom. The van der Waals surface area contributed by atoms with Gasteiger partial charge in [0.05, 0.1) is 23.9 Å². The Kier molecular flexibility index (Phi) is 6.03. The molecule has 4 rings (SSSR count). The zero-order valence-corrected chi connectivity index (χ0v) is 17.0. The van der Waals surface area contributed by atoms with Crippen LogP contribution in [-0.4, -0.2) is 54.4 Å². The Labute approximate surface area is 181 Å². The second-order valence-corrected chi connectivity index (χ2v) is 7.52. The number of ether oxygens (including phenoxy) is 1. The van der Waals surface area contributed by atoms with Gasteiger partial charge in [-0.25, -0.2) is 4.79 Å². The smallest absolute Gasteiger partial charge is 0.333 e. The highest BCUT2D eigenvalue weighted by atomic mass is 35.5. The van der Waals surface area contributed by atoms with Crippen molar-refractivity contribution in [1.82, 2.24) is 14.1 Å². The quantitative estimate of drug-likeness (QED) is 0.518. The van der Waals surface area contributed by atoms with Crippen molar-refractivity contribution in [2.45, 2.75) is 31.1 Å². The average molecular weight is 446 g/mol. The van der Waals surface area contributed by atoms with Crippen LogP contribution < -0.4 is 11.2 Å². The lowest BCUT2D eigenvalue weighted by Gasteiger charge is -2.19. The van der Waals surface area contributed by atoms with E-state index in [1.165, 1.54) is 6.20 Å². The maximum Gasteiger partial charge on any atom is 0.333 e. The summed E-state index contributed by atoms with van der Waals surface area (Å²) in [6.45, 7) is -0.734. The van der Waals surface area contributed by atoms with E-state index in [-0.39, 0.29) is 6.54 Å². The van der Waals surface area contributed by atoms with Gasteiger partial charge in [-0.2, -0.15) is 0 Å². The molecule has 0 bridgehead atoms. The molecule has 0 saturated carbocycles. The number of halogens is 1. The predicted molar refractivity (Wildman–Crippen MR) is 112 cm³/mol.